The van der Waals surface area contributed by atoms with Crippen molar-refractivity contribution in [3.05, 3.63) is 0 Å². The van der Waals surface area contributed by atoms with Gasteiger partial charge in [-0.1, -0.05) is 20.8 Å². The molecule has 0 heterocycles. The number of hydrogen-bond acceptors (Lipinski definition) is 3. The molecule has 0 atom stereocenters. The minimum Gasteiger partial charge on any atom is -0.329 e. The normalized spacial score (nSPS) is 13.9. The molecule has 0 saturated carbocycles. The highest BCUT2D eigenvalue weighted by Crippen LogP contribution is 2.19. The van der Waals surface area contributed by atoms with Gasteiger partial charge in [-0.05, 0) is 19.3 Å². The summed E-state index contributed by atoms with van der Waals surface area (Å²) in [4.78, 5) is 0. The van der Waals surface area contributed by atoms with Crippen LogP contribution in [0, 0.1) is 5.41 Å². The van der Waals surface area contributed by atoms with Crippen LogP contribution in [0.1, 0.15) is 34.6 Å². The molecular formula is C10H24N2O2S. The predicted molar refractivity (Wildman–Crippen MR) is 64.1 cm³/mol. The number of rotatable bonds is 5. The van der Waals surface area contributed by atoms with Crippen LogP contribution in [0.2, 0.25) is 0 Å². The highest BCUT2D eigenvalue weighted by molar-refractivity contribution is 7.89. The first-order valence-corrected chi connectivity index (χ1v) is 6.90. The second-order valence-corrected chi connectivity index (χ2v) is 7.23. The molecule has 0 aromatic rings. The Kier molecular flexibility index (Phi) is 5.23. The Balaban J connectivity index is 4.81. The summed E-state index contributed by atoms with van der Waals surface area (Å²) in [7, 11) is -3.19. The van der Waals surface area contributed by atoms with Gasteiger partial charge in [0.1, 0.15) is 0 Å². The monoisotopic (exact) mass is 236 g/mol. The Morgan fingerprint density at radius 1 is 1.27 bits per heavy atom. The van der Waals surface area contributed by atoms with Crippen molar-refractivity contribution in [3.63, 3.8) is 0 Å². The number of hydrogen-bond donors (Lipinski definition) is 1. The van der Waals surface area contributed by atoms with Gasteiger partial charge >= 0.3 is 0 Å². The SMILES string of the molecule is CC(C)N(CCN)S(=O)(=O)CC(C)(C)C. The van der Waals surface area contributed by atoms with E-state index >= 15 is 0 Å². The smallest absolute Gasteiger partial charge is 0.214 e. The zero-order valence-corrected chi connectivity index (χ0v) is 11.3. The molecule has 0 aliphatic heterocycles. The van der Waals surface area contributed by atoms with Crippen LogP contribution >= 0.6 is 0 Å². The second-order valence-electron chi connectivity index (χ2n) is 5.31. The fraction of sp³-hybridized carbons (Fsp3) is 1.00. The van der Waals surface area contributed by atoms with Crippen LogP contribution in [-0.4, -0.2) is 37.6 Å². The zero-order valence-electron chi connectivity index (χ0n) is 10.4. The lowest BCUT2D eigenvalue weighted by atomic mass is 10.0. The van der Waals surface area contributed by atoms with Crippen molar-refractivity contribution in [1.82, 2.24) is 4.31 Å². The molecule has 0 radical (unpaired) electrons. The van der Waals surface area contributed by atoms with E-state index in [1.54, 1.807) is 0 Å². The molecule has 15 heavy (non-hydrogen) atoms. The summed E-state index contributed by atoms with van der Waals surface area (Å²) in [6.45, 7) is 10.3. The molecule has 0 rings (SSSR count). The van der Waals surface area contributed by atoms with Crippen LogP contribution in [-0.2, 0) is 10.0 Å². The summed E-state index contributed by atoms with van der Waals surface area (Å²) >= 11 is 0. The quantitative estimate of drug-likeness (QED) is 0.775. The molecule has 2 N–H and O–H groups in total. The predicted octanol–water partition coefficient (Wildman–Crippen LogP) is 1.03. The van der Waals surface area contributed by atoms with Crippen molar-refractivity contribution >= 4 is 10.0 Å². The van der Waals surface area contributed by atoms with E-state index in [0.29, 0.717) is 13.1 Å². The van der Waals surface area contributed by atoms with Crippen LogP contribution in [0.15, 0.2) is 0 Å². The molecule has 0 aromatic carbocycles. The van der Waals surface area contributed by atoms with Crippen LogP contribution in [0.4, 0.5) is 0 Å². The maximum atomic E-state index is 12.0. The first kappa shape index (κ1) is 14.9. The third kappa shape index (κ3) is 5.49. The van der Waals surface area contributed by atoms with Crippen LogP contribution in [0.3, 0.4) is 0 Å². The van der Waals surface area contributed by atoms with E-state index < -0.39 is 10.0 Å². The van der Waals surface area contributed by atoms with E-state index in [4.69, 9.17) is 5.73 Å². The fourth-order valence-electron chi connectivity index (χ4n) is 1.48. The number of nitrogens with zero attached hydrogens (tertiary/aromatic N) is 1. The van der Waals surface area contributed by atoms with Crippen molar-refractivity contribution in [2.45, 2.75) is 40.7 Å². The van der Waals surface area contributed by atoms with Gasteiger partial charge in [-0.25, -0.2) is 8.42 Å². The van der Waals surface area contributed by atoms with E-state index in [9.17, 15) is 8.42 Å². The lowest BCUT2D eigenvalue weighted by Crippen LogP contribution is -2.43. The minimum absolute atomic E-state index is 0.0269. The van der Waals surface area contributed by atoms with E-state index in [2.05, 4.69) is 0 Å². The zero-order chi connectivity index (χ0) is 12.3. The van der Waals surface area contributed by atoms with Gasteiger partial charge < -0.3 is 5.73 Å². The highest BCUT2D eigenvalue weighted by atomic mass is 32.2. The van der Waals surface area contributed by atoms with Gasteiger partial charge in [0.25, 0.3) is 0 Å². The third-order valence-electron chi connectivity index (χ3n) is 1.90. The maximum Gasteiger partial charge on any atom is 0.214 e. The molecule has 5 heteroatoms. The van der Waals surface area contributed by atoms with Crippen molar-refractivity contribution in [2.24, 2.45) is 11.1 Å². The molecule has 0 aliphatic carbocycles. The van der Waals surface area contributed by atoms with Gasteiger partial charge in [0.2, 0.25) is 10.0 Å². The van der Waals surface area contributed by atoms with Gasteiger partial charge in [-0.2, -0.15) is 4.31 Å². The molecule has 0 bridgehead atoms. The topological polar surface area (TPSA) is 63.4 Å². The van der Waals surface area contributed by atoms with E-state index in [0.717, 1.165) is 0 Å². The molecule has 0 aliphatic rings. The minimum atomic E-state index is -3.19. The third-order valence-corrected chi connectivity index (χ3v) is 4.45. The van der Waals surface area contributed by atoms with Gasteiger partial charge in [-0.3, -0.25) is 0 Å². The van der Waals surface area contributed by atoms with Crippen molar-refractivity contribution in [2.75, 3.05) is 18.8 Å². The molecule has 0 unspecified atom stereocenters. The summed E-state index contributed by atoms with van der Waals surface area (Å²) in [6, 6.07) is -0.0269. The van der Waals surface area contributed by atoms with Gasteiger partial charge in [-0.15, -0.1) is 0 Å². The molecule has 92 valence electrons. The number of nitrogens with two attached hydrogens (primary N) is 1. The Hall–Kier alpha value is -0.130. The molecular weight excluding hydrogens is 212 g/mol. The average Bonchev–Trinajstić information content (AvgIpc) is 1.93. The average molecular weight is 236 g/mol. The van der Waals surface area contributed by atoms with E-state index in [1.807, 2.05) is 34.6 Å². The molecule has 4 nitrogen and oxygen atoms in total. The van der Waals surface area contributed by atoms with E-state index in [1.165, 1.54) is 4.31 Å². The van der Waals surface area contributed by atoms with Crippen molar-refractivity contribution in [3.8, 4) is 0 Å². The fourth-order valence-corrected chi connectivity index (χ4v) is 3.76. The summed E-state index contributed by atoms with van der Waals surface area (Å²) in [5.74, 6) is 0.165. The summed E-state index contributed by atoms with van der Waals surface area (Å²) in [6.07, 6.45) is 0. The summed E-state index contributed by atoms with van der Waals surface area (Å²) in [5.41, 5.74) is 5.20. The van der Waals surface area contributed by atoms with Crippen molar-refractivity contribution in [1.29, 1.82) is 0 Å². The first-order valence-electron chi connectivity index (χ1n) is 5.30. The molecule has 0 spiro atoms. The second kappa shape index (κ2) is 5.27. The Morgan fingerprint density at radius 2 is 1.73 bits per heavy atom. The Labute approximate surface area is 93.9 Å². The highest BCUT2D eigenvalue weighted by Gasteiger charge is 2.29. The molecule has 0 aromatic heterocycles. The summed E-state index contributed by atoms with van der Waals surface area (Å²) in [5, 5.41) is 0. The summed E-state index contributed by atoms with van der Waals surface area (Å²) < 4.78 is 25.6. The van der Waals surface area contributed by atoms with Crippen LogP contribution < -0.4 is 5.73 Å². The van der Waals surface area contributed by atoms with Crippen LogP contribution in [0.5, 0.6) is 0 Å². The largest absolute Gasteiger partial charge is 0.329 e. The Morgan fingerprint density at radius 3 is 2.00 bits per heavy atom. The van der Waals surface area contributed by atoms with Gasteiger partial charge in [0, 0.05) is 19.1 Å². The Bertz CT molecular complexity index is 278. The first-order chi connectivity index (χ1) is 6.60. The van der Waals surface area contributed by atoms with E-state index in [-0.39, 0.29) is 17.2 Å². The molecule has 0 fully saturated rings. The molecule has 0 amide bonds. The lowest BCUT2D eigenvalue weighted by Gasteiger charge is -2.29. The molecule has 0 saturated heterocycles. The number of sulfonamides is 1. The standard InChI is InChI=1S/C10H24N2O2S/c1-9(2)12(7-6-11)15(13,14)8-10(3,4)5/h9H,6-8,11H2,1-5H3. The van der Waals surface area contributed by atoms with Crippen LogP contribution in [0.25, 0.3) is 0 Å². The van der Waals surface area contributed by atoms with Gasteiger partial charge in [0.05, 0.1) is 5.75 Å². The lowest BCUT2D eigenvalue weighted by molar-refractivity contribution is 0.348. The van der Waals surface area contributed by atoms with Crippen molar-refractivity contribution < 1.29 is 8.42 Å². The van der Waals surface area contributed by atoms with Gasteiger partial charge in [0.15, 0.2) is 0 Å². The maximum absolute atomic E-state index is 12.0.